The Bertz CT molecular complexity index is 518. The minimum Gasteiger partial charge on any atom is -0.369 e. The first kappa shape index (κ1) is 16.7. The molecule has 2 saturated heterocycles. The molecule has 2 fully saturated rings. The van der Waals surface area contributed by atoms with Gasteiger partial charge in [0.15, 0.2) is 0 Å². The van der Waals surface area contributed by atoms with Crippen molar-refractivity contribution in [1.29, 1.82) is 0 Å². The first-order valence-corrected chi connectivity index (χ1v) is 9.08. The van der Waals surface area contributed by atoms with Crippen LogP contribution in [0.15, 0.2) is 12.1 Å². The van der Waals surface area contributed by atoms with E-state index in [0.29, 0.717) is 0 Å². The summed E-state index contributed by atoms with van der Waals surface area (Å²) in [5.41, 5.74) is 3.23. The van der Waals surface area contributed by atoms with Crippen molar-refractivity contribution in [2.75, 3.05) is 57.8 Å². The smallest absolute Gasteiger partial charge is 0.146 e. The number of halogens is 1. The van der Waals surface area contributed by atoms with Crippen molar-refractivity contribution in [3.05, 3.63) is 29.1 Å². The maximum atomic E-state index is 14.4. The molecule has 0 N–H and O–H groups in total. The quantitative estimate of drug-likeness (QED) is 0.826. The molecule has 0 amide bonds. The Morgan fingerprint density at radius 2 is 1.70 bits per heavy atom. The molecule has 2 aliphatic heterocycles. The zero-order chi connectivity index (χ0) is 16.2. The molecular weight excluding hydrogens is 289 g/mol. The summed E-state index contributed by atoms with van der Waals surface area (Å²) < 4.78 is 14.4. The number of rotatable bonds is 5. The van der Waals surface area contributed by atoms with Crippen LogP contribution in [-0.2, 0) is 6.42 Å². The number of piperazine rings is 1. The van der Waals surface area contributed by atoms with E-state index in [1.807, 2.05) is 0 Å². The third kappa shape index (κ3) is 4.24. The lowest BCUT2D eigenvalue weighted by molar-refractivity contribution is 0.153. The second-order valence-electron chi connectivity index (χ2n) is 7.17. The maximum Gasteiger partial charge on any atom is 0.146 e. The fourth-order valence-electron chi connectivity index (χ4n) is 3.74. The van der Waals surface area contributed by atoms with Crippen molar-refractivity contribution in [3.63, 3.8) is 0 Å². The lowest BCUT2D eigenvalue weighted by Crippen LogP contribution is -2.44. The summed E-state index contributed by atoms with van der Waals surface area (Å²) in [4.78, 5) is 7.10. The van der Waals surface area contributed by atoms with Crippen molar-refractivity contribution < 1.29 is 4.39 Å². The summed E-state index contributed by atoms with van der Waals surface area (Å²) in [7, 11) is 2.19. The van der Waals surface area contributed by atoms with Gasteiger partial charge >= 0.3 is 0 Å². The van der Waals surface area contributed by atoms with Crippen LogP contribution in [0.1, 0.15) is 30.4 Å². The van der Waals surface area contributed by atoms with Crippen molar-refractivity contribution in [2.45, 2.75) is 32.6 Å². The van der Waals surface area contributed by atoms with Gasteiger partial charge in [0.05, 0.1) is 5.69 Å². The summed E-state index contributed by atoms with van der Waals surface area (Å²) >= 11 is 0. The number of aryl methyl sites for hydroxylation is 2. The zero-order valence-corrected chi connectivity index (χ0v) is 14.7. The molecule has 4 heteroatoms. The zero-order valence-electron chi connectivity index (χ0n) is 14.7. The van der Waals surface area contributed by atoms with Crippen LogP contribution in [0.25, 0.3) is 0 Å². The second-order valence-corrected chi connectivity index (χ2v) is 7.17. The molecule has 0 saturated carbocycles. The molecular formula is C19H30FN3. The SMILES string of the molecule is Cc1cc(N2CCCC2)c(F)cc1CCCN1CCN(C)CC1. The normalized spacial score (nSPS) is 20.4. The molecule has 0 aliphatic carbocycles. The molecule has 0 spiro atoms. The molecule has 0 bridgehead atoms. The summed E-state index contributed by atoms with van der Waals surface area (Å²) in [5.74, 6) is -0.0351. The lowest BCUT2D eigenvalue weighted by Gasteiger charge is -2.32. The van der Waals surface area contributed by atoms with Gasteiger partial charge in [-0.3, -0.25) is 0 Å². The standard InChI is InChI=1S/C19H30FN3/c1-16-14-19(23-8-3-4-9-23)18(20)15-17(16)6-5-7-22-12-10-21(2)11-13-22/h14-15H,3-13H2,1-2H3. The van der Waals surface area contributed by atoms with Gasteiger partial charge in [0.25, 0.3) is 0 Å². The number of hydrogen-bond acceptors (Lipinski definition) is 3. The summed E-state index contributed by atoms with van der Waals surface area (Å²) in [6.45, 7) is 9.91. The summed E-state index contributed by atoms with van der Waals surface area (Å²) in [5, 5.41) is 0. The highest BCUT2D eigenvalue weighted by Crippen LogP contribution is 2.27. The van der Waals surface area contributed by atoms with Gasteiger partial charge in [-0.05, 0) is 69.5 Å². The van der Waals surface area contributed by atoms with E-state index in [0.717, 1.165) is 64.3 Å². The van der Waals surface area contributed by atoms with E-state index in [1.165, 1.54) is 24.0 Å². The Kier molecular flexibility index (Phi) is 5.54. The summed E-state index contributed by atoms with van der Waals surface area (Å²) in [6, 6.07) is 3.85. The average Bonchev–Trinajstić information content (AvgIpc) is 3.06. The number of benzene rings is 1. The Labute approximate surface area is 140 Å². The third-order valence-electron chi connectivity index (χ3n) is 5.37. The van der Waals surface area contributed by atoms with Gasteiger partial charge in [0, 0.05) is 39.3 Å². The van der Waals surface area contributed by atoms with E-state index in [4.69, 9.17) is 0 Å². The van der Waals surface area contributed by atoms with Gasteiger partial charge in [0.2, 0.25) is 0 Å². The molecule has 0 aromatic heterocycles. The van der Waals surface area contributed by atoms with Crippen LogP contribution >= 0.6 is 0 Å². The van der Waals surface area contributed by atoms with E-state index in [1.54, 1.807) is 6.07 Å². The minimum absolute atomic E-state index is 0.0351. The molecule has 2 heterocycles. The number of anilines is 1. The number of hydrogen-bond donors (Lipinski definition) is 0. The molecule has 0 unspecified atom stereocenters. The fourth-order valence-corrected chi connectivity index (χ4v) is 3.74. The first-order valence-electron chi connectivity index (χ1n) is 9.08. The summed E-state index contributed by atoms with van der Waals surface area (Å²) in [6.07, 6.45) is 4.47. The van der Waals surface area contributed by atoms with Gasteiger partial charge in [-0.15, -0.1) is 0 Å². The Balaban J connectivity index is 1.54. The van der Waals surface area contributed by atoms with E-state index in [2.05, 4.69) is 34.7 Å². The van der Waals surface area contributed by atoms with Gasteiger partial charge in [0.1, 0.15) is 5.82 Å². The van der Waals surface area contributed by atoms with Crippen LogP contribution in [0, 0.1) is 12.7 Å². The average molecular weight is 319 g/mol. The predicted molar refractivity (Wildman–Crippen MR) is 94.8 cm³/mol. The van der Waals surface area contributed by atoms with Crippen LogP contribution in [0.2, 0.25) is 0 Å². The van der Waals surface area contributed by atoms with Crippen molar-refractivity contribution >= 4 is 5.69 Å². The van der Waals surface area contributed by atoms with Crippen LogP contribution in [0.3, 0.4) is 0 Å². The molecule has 3 rings (SSSR count). The number of nitrogens with zero attached hydrogens (tertiary/aromatic N) is 3. The minimum atomic E-state index is -0.0351. The Morgan fingerprint density at radius 3 is 2.39 bits per heavy atom. The molecule has 1 aromatic rings. The van der Waals surface area contributed by atoms with Crippen molar-refractivity contribution in [3.8, 4) is 0 Å². The van der Waals surface area contributed by atoms with E-state index >= 15 is 0 Å². The second kappa shape index (κ2) is 7.63. The molecule has 3 nitrogen and oxygen atoms in total. The van der Waals surface area contributed by atoms with Crippen LogP contribution in [-0.4, -0.2) is 62.7 Å². The van der Waals surface area contributed by atoms with Crippen molar-refractivity contribution in [1.82, 2.24) is 9.80 Å². The lowest BCUT2D eigenvalue weighted by atomic mass is 10.0. The number of likely N-dealkylation sites (N-methyl/N-ethyl adjacent to an activating group) is 1. The van der Waals surface area contributed by atoms with E-state index in [-0.39, 0.29) is 5.82 Å². The van der Waals surface area contributed by atoms with E-state index < -0.39 is 0 Å². The molecule has 23 heavy (non-hydrogen) atoms. The monoisotopic (exact) mass is 319 g/mol. The van der Waals surface area contributed by atoms with Crippen LogP contribution in [0.4, 0.5) is 10.1 Å². The molecule has 1 aromatic carbocycles. The first-order chi connectivity index (χ1) is 11.1. The molecule has 2 aliphatic rings. The topological polar surface area (TPSA) is 9.72 Å². The highest BCUT2D eigenvalue weighted by atomic mass is 19.1. The van der Waals surface area contributed by atoms with Gasteiger partial charge in [-0.1, -0.05) is 0 Å². The van der Waals surface area contributed by atoms with Crippen LogP contribution < -0.4 is 4.90 Å². The maximum absolute atomic E-state index is 14.4. The van der Waals surface area contributed by atoms with Gasteiger partial charge in [-0.2, -0.15) is 0 Å². The Hall–Kier alpha value is -1.13. The largest absolute Gasteiger partial charge is 0.369 e. The third-order valence-corrected chi connectivity index (χ3v) is 5.37. The molecule has 0 atom stereocenters. The van der Waals surface area contributed by atoms with Gasteiger partial charge < -0.3 is 14.7 Å². The van der Waals surface area contributed by atoms with Crippen LogP contribution in [0.5, 0.6) is 0 Å². The van der Waals surface area contributed by atoms with E-state index in [9.17, 15) is 4.39 Å². The van der Waals surface area contributed by atoms with Crippen molar-refractivity contribution in [2.24, 2.45) is 0 Å². The highest BCUT2D eigenvalue weighted by molar-refractivity contribution is 5.52. The molecule has 0 radical (unpaired) electrons. The predicted octanol–water partition coefficient (Wildman–Crippen LogP) is 2.91. The Morgan fingerprint density at radius 1 is 1.00 bits per heavy atom. The highest BCUT2D eigenvalue weighted by Gasteiger charge is 2.18. The fraction of sp³-hybridized carbons (Fsp3) is 0.684. The molecule has 128 valence electrons. The van der Waals surface area contributed by atoms with Gasteiger partial charge in [-0.25, -0.2) is 4.39 Å².